The maximum absolute atomic E-state index is 13.5. The third-order valence-electron chi connectivity index (χ3n) is 2.59. The molecule has 0 aliphatic heterocycles. The molecule has 0 fully saturated rings. The van der Waals surface area contributed by atoms with Gasteiger partial charge < -0.3 is 5.32 Å². The summed E-state index contributed by atoms with van der Waals surface area (Å²) in [6.45, 7) is 0.869. The Morgan fingerprint density at radius 2 is 2.17 bits per heavy atom. The fraction of sp³-hybridized carbons (Fsp3) is 0.308. The Hall–Kier alpha value is -1.33. The molecule has 1 aromatic heterocycles. The first-order chi connectivity index (χ1) is 8.69. The van der Waals surface area contributed by atoms with Gasteiger partial charge in [-0.3, -0.25) is 0 Å². The normalized spacial score (nSPS) is 10.8. The summed E-state index contributed by atoms with van der Waals surface area (Å²) in [6.07, 6.45) is 1.27. The lowest BCUT2D eigenvalue weighted by atomic mass is 10.1. The Labute approximate surface area is 109 Å². The zero-order valence-corrected chi connectivity index (χ0v) is 10.9. The highest BCUT2D eigenvalue weighted by Gasteiger charge is 2.08. The second-order valence-corrected chi connectivity index (χ2v) is 4.94. The average Bonchev–Trinajstić information content (AvgIpc) is 2.78. The number of likely N-dealkylation sites (N-methyl/N-ethyl adjacent to an activating group) is 1. The summed E-state index contributed by atoms with van der Waals surface area (Å²) in [5.41, 5.74) is 1.48. The van der Waals surface area contributed by atoms with Crippen LogP contribution in [0, 0.1) is 11.6 Å². The topological polar surface area (TPSA) is 24.9 Å². The van der Waals surface area contributed by atoms with Crippen molar-refractivity contribution in [2.45, 2.75) is 12.8 Å². The molecule has 2 nitrogen and oxygen atoms in total. The maximum atomic E-state index is 13.5. The maximum Gasteiger partial charge on any atom is 0.129 e. The van der Waals surface area contributed by atoms with Gasteiger partial charge in [0, 0.05) is 30.8 Å². The Morgan fingerprint density at radius 1 is 1.33 bits per heavy atom. The SMILES string of the molecule is CNCCc1csc(Cc2ccc(F)cc2F)n1. The summed E-state index contributed by atoms with van der Waals surface area (Å²) in [7, 11) is 1.89. The van der Waals surface area contributed by atoms with E-state index in [-0.39, 0.29) is 0 Å². The number of rotatable bonds is 5. The van der Waals surface area contributed by atoms with Crippen LogP contribution in [-0.4, -0.2) is 18.6 Å². The van der Waals surface area contributed by atoms with Crippen molar-refractivity contribution in [3.05, 3.63) is 51.5 Å². The fourth-order valence-electron chi connectivity index (χ4n) is 1.63. The van der Waals surface area contributed by atoms with Crippen LogP contribution in [0.1, 0.15) is 16.3 Å². The van der Waals surface area contributed by atoms with Crippen LogP contribution in [0.2, 0.25) is 0 Å². The van der Waals surface area contributed by atoms with Crippen LogP contribution in [0.4, 0.5) is 8.78 Å². The molecule has 0 aliphatic carbocycles. The van der Waals surface area contributed by atoms with E-state index in [1.54, 1.807) is 0 Å². The largest absolute Gasteiger partial charge is 0.319 e. The number of hydrogen-bond donors (Lipinski definition) is 1. The van der Waals surface area contributed by atoms with Crippen LogP contribution in [0.3, 0.4) is 0 Å². The van der Waals surface area contributed by atoms with Gasteiger partial charge in [-0.2, -0.15) is 0 Å². The van der Waals surface area contributed by atoms with Gasteiger partial charge in [0.15, 0.2) is 0 Å². The number of benzene rings is 1. The summed E-state index contributed by atoms with van der Waals surface area (Å²) < 4.78 is 26.2. The van der Waals surface area contributed by atoms with Crippen molar-refractivity contribution < 1.29 is 8.78 Å². The summed E-state index contributed by atoms with van der Waals surface area (Å²) in [4.78, 5) is 4.42. The van der Waals surface area contributed by atoms with Gasteiger partial charge >= 0.3 is 0 Å². The van der Waals surface area contributed by atoms with E-state index >= 15 is 0 Å². The van der Waals surface area contributed by atoms with Crippen molar-refractivity contribution in [2.75, 3.05) is 13.6 Å². The zero-order chi connectivity index (χ0) is 13.0. The lowest BCUT2D eigenvalue weighted by Gasteiger charge is -2.00. The highest BCUT2D eigenvalue weighted by molar-refractivity contribution is 7.09. The summed E-state index contributed by atoms with van der Waals surface area (Å²) in [5, 5.41) is 5.89. The van der Waals surface area contributed by atoms with Crippen LogP contribution < -0.4 is 5.32 Å². The van der Waals surface area contributed by atoms with Gasteiger partial charge in [0.05, 0.1) is 10.7 Å². The van der Waals surface area contributed by atoms with Gasteiger partial charge in [0.2, 0.25) is 0 Å². The number of halogens is 2. The van der Waals surface area contributed by atoms with Crippen LogP contribution in [0.5, 0.6) is 0 Å². The van der Waals surface area contributed by atoms with Gasteiger partial charge in [0.1, 0.15) is 11.6 Å². The second kappa shape index (κ2) is 6.02. The highest BCUT2D eigenvalue weighted by atomic mass is 32.1. The van der Waals surface area contributed by atoms with Crippen molar-refractivity contribution in [1.29, 1.82) is 0 Å². The van der Waals surface area contributed by atoms with E-state index in [9.17, 15) is 8.78 Å². The molecular formula is C13H14F2N2S. The summed E-state index contributed by atoms with van der Waals surface area (Å²) in [5.74, 6) is -1.06. The molecule has 1 heterocycles. The Balaban J connectivity index is 2.06. The minimum absolute atomic E-state index is 0.413. The summed E-state index contributed by atoms with van der Waals surface area (Å²) in [6, 6.07) is 3.65. The van der Waals surface area contributed by atoms with E-state index in [0.29, 0.717) is 12.0 Å². The molecule has 0 saturated carbocycles. The van der Waals surface area contributed by atoms with Crippen molar-refractivity contribution in [3.63, 3.8) is 0 Å². The molecule has 5 heteroatoms. The Bertz CT molecular complexity index is 525. The molecule has 2 aromatic rings. The fourth-order valence-corrected chi connectivity index (χ4v) is 2.48. The third kappa shape index (κ3) is 3.34. The number of thiazole rings is 1. The number of aromatic nitrogens is 1. The number of nitrogens with one attached hydrogen (secondary N) is 1. The molecule has 0 amide bonds. The van der Waals surface area contributed by atoms with E-state index in [4.69, 9.17) is 0 Å². The molecule has 0 radical (unpaired) electrons. The first-order valence-electron chi connectivity index (χ1n) is 5.71. The Morgan fingerprint density at radius 3 is 2.89 bits per heavy atom. The van der Waals surface area contributed by atoms with E-state index in [2.05, 4.69) is 10.3 Å². The third-order valence-corrected chi connectivity index (χ3v) is 3.48. The monoisotopic (exact) mass is 268 g/mol. The van der Waals surface area contributed by atoms with Gasteiger partial charge in [-0.1, -0.05) is 6.07 Å². The first kappa shape index (κ1) is 13.1. The van der Waals surface area contributed by atoms with Gasteiger partial charge in [-0.25, -0.2) is 13.8 Å². The lowest BCUT2D eigenvalue weighted by molar-refractivity contribution is 0.574. The minimum atomic E-state index is -0.551. The summed E-state index contributed by atoms with van der Waals surface area (Å²) >= 11 is 1.51. The predicted molar refractivity (Wildman–Crippen MR) is 68.9 cm³/mol. The molecule has 0 unspecified atom stereocenters. The van der Waals surface area contributed by atoms with Crippen molar-refractivity contribution in [1.82, 2.24) is 10.3 Å². The van der Waals surface area contributed by atoms with Crippen molar-refractivity contribution in [3.8, 4) is 0 Å². The Kier molecular flexibility index (Phi) is 4.38. The molecule has 0 saturated heterocycles. The standard InChI is InChI=1S/C13H14F2N2S/c1-16-5-4-11-8-18-13(17-11)6-9-2-3-10(14)7-12(9)15/h2-3,7-8,16H,4-6H2,1H3. The molecule has 0 spiro atoms. The minimum Gasteiger partial charge on any atom is -0.319 e. The van der Waals surface area contributed by atoms with Crippen molar-refractivity contribution in [2.24, 2.45) is 0 Å². The molecule has 0 bridgehead atoms. The van der Waals surface area contributed by atoms with E-state index in [0.717, 1.165) is 29.7 Å². The molecular weight excluding hydrogens is 254 g/mol. The number of hydrogen-bond acceptors (Lipinski definition) is 3. The molecule has 0 atom stereocenters. The molecule has 18 heavy (non-hydrogen) atoms. The van der Waals surface area contributed by atoms with E-state index in [1.165, 1.54) is 23.5 Å². The van der Waals surface area contributed by atoms with Gasteiger partial charge in [0.25, 0.3) is 0 Å². The van der Waals surface area contributed by atoms with Gasteiger partial charge in [-0.15, -0.1) is 11.3 Å². The number of nitrogens with zero attached hydrogens (tertiary/aromatic N) is 1. The van der Waals surface area contributed by atoms with Gasteiger partial charge in [-0.05, 0) is 18.7 Å². The van der Waals surface area contributed by atoms with Crippen LogP contribution in [0.15, 0.2) is 23.6 Å². The highest BCUT2D eigenvalue weighted by Crippen LogP contribution is 2.18. The molecule has 0 aliphatic rings. The molecule has 1 N–H and O–H groups in total. The zero-order valence-electron chi connectivity index (χ0n) is 10.0. The molecule has 96 valence electrons. The quantitative estimate of drug-likeness (QED) is 0.902. The van der Waals surface area contributed by atoms with E-state index < -0.39 is 11.6 Å². The predicted octanol–water partition coefficient (Wildman–Crippen LogP) is 2.77. The van der Waals surface area contributed by atoms with Crippen LogP contribution in [-0.2, 0) is 12.8 Å². The van der Waals surface area contributed by atoms with E-state index in [1.807, 2.05) is 12.4 Å². The second-order valence-electron chi connectivity index (χ2n) is 4.00. The van der Waals surface area contributed by atoms with Crippen molar-refractivity contribution >= 4 is 11.3 Å². The first-order valence-corrected chi connectivity index (χ1v) is 6.59. The van der Waals surface area contributed by atoms with Crippen LogP contribution >= 0.6 is 11.3 Å². The average molecular weight is 268 g/mol. The van der Waals surface area contributed by atoms with Crippen LogP contribution in [0.25, 0.3) is 0 Å². The molecule has 1 aromatic carbocycles. The smallest absolute Gasteiger partial charge is 0.129 e. The lowest BCUT2D eigenvalue weighted by Crippen LogP contribution is -2.10. The molecule has 2 rings (SSSR count).